The number of aliphatic hydroxyl groups excluding tert-OH is 2. The van der Waals surface area contributed by atoms with Gasteiger partial charge in [-0.15, -0.1) is 6.42 Å². The second-order valence-electron chi connectivity index (χ2n) is 10.7. The van der Waals surface area contributed by atoms with E-state index < -0.39 is 47.4 Å². The topological polar surface area (TPSA) is 113 Å². The molecule has 4 aliphatic carbocycles. The quantitative estimate of drug-likeness (QED) is 0.336. The second-order valence-corrected chi connectivity index (χ2v) is 10.7. The molecule has 3 N–H and O–H groups in total. The molecule has 3 saturated carbocycles. The number of carbonyl (C=O) groups is 2. The molecule has 0 aromatic heterocycles. The summed E-state index contributed by atoms with van der Waals surface area (Å²) in [5.41, 5.74) is -1.98. The SMILES string of the molecule is C#CC1(O)C(O)C[C@H]2[C@@H]3C(OC(C)=O)C=C4C(O)C(OC(C)=O)CC[C@]4(C)[C@@H]3CC[C@@]21C. The average molecular weight is 447 g/mol. The van der Waals surface area contributed by atoms with Gasteiger partial charge in [0.25, 0.3) is 0 Å². The van der Waals surface area contributed by atoms with Gasteiger partial charge in [-0.05, 0) is 61.0 Å². The number of esters is 2. The molecule has 5 unspecified atom stereocenters. The highest BCUT2D eigenvalue weighted by Gasteiger charge is 2.69. The maximum absolute atomic E-state index is 12.0. The summed E-state index contributed by atoms with van der Waals surface area (Å²) in [6.45, 7) is 6.73. The predicted octanol–water partition coefficient (Wildman–Crippen LogP) is 1.73. The normalized spacial score (nSPS) is 49.6. The molecule has 0 aromatic carbocycles. The Morgan fingerprint density at radius 1 is 1.09 bits per heavy atom. The van der Waals surface area contributed by atoms with Gasteiger partial charge in [0.1, 0.15) is 18.3 Å². The number of aliphatic hydroxyl groups is 3. The van der Waals surface area contributed by atoms with Gasteiger partial charge in [0.15, 0.2) is 5.60 Å². The Morgan fingerprint density at radius 3 is 2.34 bits per heavy atom. The van der Waals surface area contributed by atoms with Crippen LogP contribution >= 0.6 is 0 Å². The van der Waals surface area contributed by atoms with Crippen LogP contribution < -0.4 is 0 Å². The highest BCUT2D eigenvalue weighted by atomic mass is 16.6. The molecule has 10 atom stereocenters. The Bertz CT molecular complexity index is 889. The summed E-state index contributed by atoms with van der Waals surface area (Å²) in [5.74, 6) is 1.35. The van der Waals surface area contributed by atoms with Crippen LogP contribution in [0.15, 0.2) is 11.6 Å². The molecule has 4 rings (SSSR count). The van der Waals surface area contributed by atoms with Crippen LogP contribution in [0.3, 0.4) is 0 Å². The van der Waals surface area contributed by atoms with Gasteiger partial charge in [-0.1, -0.05) is 19.8 Å². The van der Waals surface area contributed by atoms with Crippen LogP contribution in [0.25, 0.3) is 0 Å². The van der Waals surface area contributed by atoms with Crippen LogP contribution in [-0.2, 0) is 19.1 Å². The first-order valence-corrected chi connectivity index (χ1v) is 11.5. The molecule has 0 heterocycles. The highest BCUT2D eigenvalue weighted by Crippen LogP contribution is 2.67. The van der Waals surface area contributed by atoms with Crippen molar-refractivity contribution in [1.29, 1.82) is 0 Å². The fourth-order valence-electron chi connectivity index (χ4n) is 7.58. The number of fused-ring (bicyclic) bond motifs is 5. The van der Waals surface area contributed by atoms with Crippen molar-refractivity contribution < 1.29 is 34.4 Å². The van der Waals surface area contributed by atoms with Gasteiger partial charge in [0.05, 0.1) is 6.10 Å². The number of carbonyl (C=O) groups excluding carboxylic acids is 2. The third-order valence-electron chi connectivity index (χ3n) is 9.21. The minimum absolute atomic E-state index is 0.0603. The molecular weight excluding hydrogens is 412 g/mol. The first-order valence-electron chi connectivity index (χ1n) is 11.5. The van der Waals surface area contributed by atoms with Crippen LogP contribution in [-0.4, -0.2) is 57.3 Å². The molecule has 0 aliphatic heterocycles. The van der Waals surface area contributed by atoms with Crippen molar-refractivity contribution in [3.05, 3.63) is 11.6 Å². The zero-order valence-electron chi connectivity index (χ0n) is 19.2. The summed E-state index contributed by atoms with van der Waals surface area (Å²) in [7, 11) is 0. The monoisotopic (exact) mass is 446 g/mol. The maximum Gasteiger partial charge on any atom is 0.303 e. The summed E-state index contributed by atoms with van der Waals surface area (Å²) >= 11 is 0. The first kappa shape index (κ1) is 23.3. The Labute approximate surface area is 189 Å². The van der Waals surface area contributed by atoms with Crippen molar-refractivity contribution in [2.24, 2.45) is 28.6 Å². The van der Waals surface area contributed by atoms with Gasteiger partial charge in [0, 0.05) is 25.2 Å². The maximum atomic E-state index is 12.0. The molecule has 176 valence electrons. The van der Waals surface area contributed by atoms with E-state index in [0.29, 0.717) is 32.1 Å². The van der Waals surface area contributed by atoms with Crippen molar-refractivity contribution in [2.45, 2.75) is 89.8 Å². The molecule has 32 heavy (non-hydrogen) atoms. The third kappa shape index (κ3) is 3.07. The van der Waals surface area contributed by atoms with E-state index in [1.54, 1.807) is 0 Å². The molecule has 4 aliphatic rings. The van der Waals surface area contributed by atoms with Gasteiger partial charge in [-0.25, -0.2) is 0 Å². The average Bonchev–Trinajstić information content (AvgIpc) is 2.92. The molecule has 0 radical (unpaired) electrons. The van der Waals surface area contributed by atoms with E-state index >= 15 is 0 Å². The largest absolute Gasteiger partial charge is 0.459 e. The zero-order valence-corrected chi connectivity index (χ0v) is 19.2. The van der Waals surface area contributed by atoms with Crippen molar-refractivity contribution in [1.82, 2.24) is 0 Å². The molecule has 7 nitrogen and oxygen atoms in total. The zero-order chi connectivity index (χ0) is 23.6. The molecule has 0 aromatic rings. The van der Waals surface area contributed by atoms with Gasteiger partial charge >= 0.3 is 11.9 Å². The van der Waals surface area contributed by atoms with Crippen LogP contribution in [0.4, 0.5) is 0 Å². The van der Waals surface area contributed by atoms with E-state index in [9.17, 15) is 24.9 Å². The van der Waals surface area contributed by atoms with Gasteiger partial charge in [-0.3, -0.25) is 9.59 Å². The molecule has 7 heteroatoms. The number of ether oxygens (including phenoxy) is 2. The minimum atomic E-state index is -1.64. The van der Waals surface area contributed by atoms with Crippen molar-refractivity contribution in [2.75, 3.05) is 0 Å². The highest BCUT2D eigenvalue weighted by molar-refractivity contribution is 5.67. The Hall–Kier alpha value is -1.88. The summed E-state index contributed by atoms with van der Waals surface area (Å²) in [6, 6.07) is 0. The van der Waals surface area contributed by atoms with Crippen LogP contribution in [0, 0.1) is 40.9 Å². The van der Waals surface area contributed by atoms with Gasteiger partial charge in [-0.2, -0.15) is 0 Å². The molecule has 0 spiro atoms. The summed E-state index contributed by atoms with van der Waals surface area (Å²) in [4.78, 5) is 23.6. The number of terminal acetylenes is 1. The Balaban J connectivity index is 1.79. The van der Waals surface area contributed by atoms with E-state index in [1.165, 1.54) is 13.8 Å². The van der Waals surface area contributed by atoms with E-state index in [1.807, 2.05) is 13.0 Å². The second kappa shape index (κ2) is 7.58. The first-order chi connectivity index (χ1) is 14.9. The summed E-state index contributed by atoms with van der Waals surface area (Å²) < 4.78 is 11.1. The third-order valence-corrected chi connectivity index (χ3v) is 9.21. The van der Waals surface area contributed by atoms with Gasteiger partial charge < -0.3 is 24.8 Å². The lowest BCUT2D eigenvalue weighted by atomic mass is 9.46. The van der Waals surface area contributed by atoms with Crippen LogP contribution in [0.1, 0.15) is 59.8 Å². The molecule has 0 saturated heterocycles. The standard InChI is InChI=1S/C25H34O7/c1-6-25(30)20(28)12-16-21-15(7-10-24(16,25)5)23(4)9-8-18(31-13(2)26)22(29)17(23)11-19(21)32-14(3)27/h1,11,15-16,18-22,28-30H,7-10,12H2,2-5H3/t15-,16+,18?,19?,20?,21-,22?,23-,24+,25?/m1/s1. The van der Waals surface area contributed by atoms with E-state index in [2.05, 4.69) is 12.8 Å². The van der Waals surface area contributed by atoms with Crippen molar-refractivity contribution >= 4 is 11.9 Å². The van der Waals surface area contributed by atoms with Crippen molar-refractivity contribution in [3.63, 3.8) is 0 Å². The van der Waals surface area contributed by atoms with Crippen LogP contribution in [0.5, 0.6) is 0 Å². The minimum Gasteiger partial charge on any atom is -0.459 e. The van der Waals surface area contributed by atoms with Crippen molar-refractivity contribution in [3.8, 4) is 12.3 Å². The van der Waals surface area contributed by atoms with E-state index in [0.717, 1.165) is 5.57 Å². The number of hydrogen-bond acceptors (Lipinski definition) is 7. The summed E-state index contributed by atoms with van der Waals surface area (Å²) in [5, 5.41) is 33.1. The fourth-order valence-corrected chi connectivity index (χ4v) is 7.58. The fraction of sp³-hybridized carbons (Fsp3) is 0.760. The van der Waals surface area contributed by atoms with Gasteiger partial charge in [0.2, 0.25) is 0 Å². The predicted molar refractivity (Wildman–Crippen MR) is 115 cm³/mol. The number of hydrogen-bond donors (Lipinski definition) is 3. The molecule has 0 bridgehead atoms. The van der Waals surface area contributed by atoms with E-state index in [-0.39, 0.29) is 23.2 Å². The Morgan fingerprint density at radius 2 is 1.75 bits per heavy atom. The summed E-state index contributed by atoms with van der Waals surface area (Å²) in [6.07, 6.45) is 7.17. The molecular formula is C25H34O7. The lowest BCUT2D eigenvalue weighted by Crippen LogP contribution is -2.60. The number of rotatable bonds is 2. The lowest BCUT2D eigenvalue weighted by molar-refractivity contribution is -0.170. The van der Waals surface area contributed by atoms with Crippen LogP contribution in [0.2, 0.25) is 0 Å². The molecule has 3 fully saturated rings. The Kier molecular flexibility index (Phi) is 5.51. The smallest absolute Gasteiger partial charge is 0.303 e. The molecule has 0 amide bonds. The lowest BCUT2D eigenvalue weighted by Gasteiger charge is -2.60. The van der Waals surface area contributed by atoms with E-state index in [4.69, 9.17) is 15.9 Å².